The molecule has 1 aromatic heterocycles. The second-order valence-corrected chi connectivity index (χ2v) is 5.65. The molecule has 0 aliphatic rings. The number of aryl methyl sites for hydroxylation is 2. The minimum atomic E-state index is -0.480. The van der Waals surface area contributed by atoms with Gasteiger partial charge in [0.05, 0.1) is 0 Å². The maximum atomic E-state index is 12.2. The van der Waals surface area contributed by atoms with E-state index in [0.29, 0.717) is 17.0 Å². The van der Waals surface area contributed by atoms with Crippen molar-refractivity contribution in [1.82, 2.24) is 0 Å². The fourth-order valence-electron chi connectivity index (χ4n) is 2.28. The molecule has 1 aromatic carbocycles. The summed E-state index contributed by atoms with van der Waals surface area (Å²) in [5.41, 5.74) is 2.58. The van der Waals surface area contributed by atoms with Crippen molar-refractivity contribution in [2.24, 2.45) is 0 Å². The van der Waals surface area contributed by atoms with Gasteiger partial charge in [0, 0.05) is 6.07 Å². The van der Waals surface area contributed by atoms with Crippen LogP contribution < -0.4 is 5.63 Å². The average molecular weight is 300 g/mol. The highest BCUT2D eigenvalue weighted by atomic mass is 16.5. The molecule has 0 N–H and O–H groups in total. The van der Waals surface area contributed by atoms with Gasteiger partial charge in [-0.2, -0.15) is 0 Å². The Bertz CT molecular complexity index is 697. The van der Waals surface area contributed by atoms with Gasteiger partial charge in [0.15, 0.2) is 0 Å². The van der Waals surface area contributed by atoms with Crippen molar-refractivity contribution < 1.29 is 13.9 Å². The minimum Gasteiger partial charge on any atom is -0.457 e. The third-order valence-electron chi connectivity index (χ3n) is 3.55. The molecule has 22 heavy (non-hydrogen) atoms. The molecule has 0 saturated carbocycles. The van der Waals surface area contributed by atoms with Crippen molar-refractivity contribution in [2.45, 2.75) is 40.2 Å². The highest BCUT2D eigenvalue weighted by molar-refractivity contribution is 5.91. The van der Waals surface area contributed by atoms with Crippen LogP contribution in [0.2, 0.25) is 0 Å². The topological polar surface area (TPSA) is 56.5 Å². The molecular formula is C18H20O4. The maximum Gasteiger partial charge on any atom is 0.342 e. The van der Waals surface area contributed by atoms with Crippen molar-refractivity contribution >= 4 is 5.97 Å². The van der Waals surface area contributed by atoms with Gasteiger partial charge in [-0.15, -0.1) is 0 Å². The van der Waals surface area contributed by atoms with Gasteiger partial charge in [0.2, 0.25) is 0 Å². The fourth-order valence-corrected chi connectivity index (χ4v) is 2.28. The average Bonchev–Trinajstić information content (AvgIpc) is 2.44. The molecule has 0 saturated heterocycles. The summed E-state index contributed by atoms with van der Waals surface area (Å²) in [6.45, 7) is 7.73. The summed E-state index contributed by atoms with van der Waals surface area (Å²) in [4.78, 5) is 23.4. The van der Waals surface area contributed by atoms with E-state index in [9.17, 15) is 9.59 Å². The number of ether oxygens (including phenoxy) is 1. The van der Waals surface area contributed by atoms with Gasteiger partial charge in [-0.05, 0) is 36.5 Å². The van der Waals surface area contributed by atoms with Crippen LogP contribution in [0, 0.1) is 13.8 Å². The second kappa shape index (κ2) is 6.60. The molecule has 0 bridgehead atoms. The molecule has 0 spiro atoms. The maximum absolute atomic E-state index is 12.2. The van der Waals surface area contributed by atoms with Crippen LogP contribution in [0.3, 0.4) is 0 Å². The highest BCUT2D eigenvalue weighted by Gasteiger charge is 2.16. The van der Waals surface area contributed by atoms with E-state index in [-0.39, 0.29) is 12.4 Å². The molecular weight excluding hydrogens is 280 g/mol. The first-order valence-corrected chi connectivity index (χ1v) is 7.25. The summed E-state index contributed by atoms with van der Waals surface area (Å²) in [5.74, 6) is 0.269. The third-order valence-corrected chi connectivity index (χ3v) is 3.55. The van der Waals surface area contributed by atoms with E-state index in [4.69, 9.17) is 9.15 Å². The predicted molar refractivity (Wildman–Crippen MR) is 84.1 cm³/mol. The molecule has 0 unspecified atom stereocenters. The zero-order chi connectivity index (χ0) is 16.3. The van der Waals surface area contributed by atoms with Crippen LogP contribution in [-0.2, 0) is 11.3 Å². The van der Waals surface area contributed by atoms with Crippen LogP contribution in [0.1, 0.15) is 52.6 Å². The number of rotatable bonds is 4. The molecule has 1 heterocycles. The van der Waals surface area contributed by atoms with Gasteiger partial charge in [-0.1, -0.05) is 38.1 Å². The fraction of sp³-hybridized carbons (Fsp3) is 0.333. The SMILES string of the molecule is Cc1cc(=O)oc(C)c1C(=O)OCc1ccc(C(C)C)cc1. The Kier molecular flexibility index (Phi) is 4.81. The Morgan fingerprint density at radius 3 is 2.36 bits per heavy atom. The predicted octanol–water partition coefficient (Wildman–Crippen LogP) is 3.74. The van der Waals surface area contributed by atoms with Crippen LogP contribution in [0.15, 0.2) is 39.5 Å². The summed E-state index contributed by atoms with van der Waals surface area (Å²) in [7, 11) is 0. The molecule has 2 rings (SSSR count). The van der Waals surface area contributed by atoms with E-state index >= 15 is 0 Å². The number of hydrogen-bond donors (Lipinski definition) is 0. The van der Waals surface area contributed by atoms with Crippen molar-refractivity contribution in [3.05, 3.63) is 68.8 Å². The lowest BCUT2D eigenvalue weighted by Crippen LogP contribution is -2.12. The first-order valence-electron chi connectivity index (χ1n) is 7.25. The number of carbonyl (C=O) groups is 1. The van der Waals surface area contributed by atoms with Gasteiger partial charge in [0.1, 0.15) is 17.9 Å². The Morgan fingerprint density at radius 2 is 1.82 bits per heavy atom. The van der Waals surface area contributed by atoms with Crippen molar-refractivity contribution in [3.8, 4) is 0 Å². The lowest BCUT2D eigenvalue weighted by molar-refractivity contribution is 0.0467. The summed E-state index contributed by atoms with van der Waals surface area (Å²) < 4.78 is 10.3. The highest BCUT2D eigenvalue weighted by Crippen LogP contribution is 2.17. The van der Waals surface area contributed by atoms with Crippen LogP contribution in [0.25, 0.3) is 0 Å². The summed E-state index contributed by atoms with van der Waals surface area (Å²) in [5, 5.41) is 0. The first-order chi connectivity index (χ1) is 10.4. The third kappa shape index (κ3) is 3.64. The van der Waals surface area contributed by atoms with Gasteiger partial charge >= 0.3 is 11.6 Å². The van der Waals surface area contributed by atoms with Crippen molar-refractivity contribution in [3.63, 3.8) is 0 Å². The zero-order valence-electron chi connectivity index (χ0n) is 13.3. The smallest absolute Gasteiger partial charge is 0.342 e. The van der Waals surface area contributed by atoms with Crippen LogP contribution >= 0.6 is 0 Å². The molecule has 4 nitrogen and oxygen atoms in total. The molecule has 4 heteroatoms. The summed E-state index contributed by atoms with van der Waals surface area (Å²) in [6.07, 6.45) is 0. The molecule has 2 aromatic rings. The Labute approximate surface area is 129 Å². The minimum absolute atomic E-state index is 0.190. The monoisotopic (exact) mass is 300 g/mol. The normalized spacial score (nSPS) is 10.8. The largest absolute Gasteiger partial charge is 0.457 e. The van der Waals surface area contributed by atoms with E-state index in [2.05, 4.69) is 13.8 Å². The molecule has 0 aliphatic heterocycles. The van der Waals surface area contributed by atoms with Crippen molar-refractivity contribution in [2.75, 3.05) is 0 Å². The van der Waals surface area contributed by atoms with E-state index in [0.717, 1.165) is 5.56 Å². The van der Waals surface area contributed by atoms with Crippen LogP contribution in [-0.4, -0.2) is 5.97 Å². The van der Waals surface area contributed by atoms with E-state index in [1.54, 1.807) is 13.8 Å². The number of esters is 1. The number of hydrogen-bond acceptors (Lipinski definition) is 4. The van der Waals surface area contributed by atoms with E-state index in [1.165, 1.54) is 11.6 Å². The molecule has 0 aliphatic carbocycles. The van der Waals surface area contributed by atoms with Gasteiger partial charge in [0.25, 0.3) is 0 Å². The van der Waals surface area contributed by atoms with Gasteiger partial charge in [-0.25, -0.2) is 9.59 Å². The molecule has 0 radical (unpaired) electrons. The van der Waals surface area contributed by atoms with Crippen molar-refractivity contribution in [1.29, 1.82) is 0 Å². The van der Waals surface area contributed by atoms with Crippen LogP contribution in [0.5, 0.6) is 0 Å². The number of benzene rings is 1. The van der Waals surface area contributed by atoms with E-state index < -0.39 is 11.6 Å². The lowest BCUT2D eigenvalue weighted by atomic mass is 10.0. The Balaban J connectivity index is 2.09. The lowest BCUT2D eigenvalue weighted by Gasteiger charge is -2.10. The molecule has 116 valence electrons. The quantitative estimate of drug-likeness (QED) is 0.807. The zero-order valence-corrected chi connectivity index (χ0v) is 13.3. The Morgan fingerprint density at radius 1 is 1.18 bits per heavy atom. The summed E-state index contributed by atoms with van der Waals surface area (Å²) in [6, 6.07) is 9.26. The molecule has 0 amide bonds. The van der Waals surface area contributed by atoms with Gasteiger partial charge < -0.3 is 9.15 Å². The molecule has 0 atom stereocenters. The standard InChI is InChI=1S/C18H20O4/c1-11(2)15-7-5-14(6-8-15)10-21-18(20)17-12(3)9-16(19)22-13(17)4/h5-9,11H,10H2,1-4H3. The van der Waals surface area contributed by atoms with E-state index in [1.807, 2.05) is 24.3 Å². The number of carbonyl (C=O) groups excluding carboxylic acids is 1. The summed E-state index contributed by atoms with van der Waals surface area (Å²) >= 11 is 0. The Hall–Kier alpha value is -2.36. The molecule has 0 fully saturated rings. The second-order valence-electron chi connectivity index (χ2n) is 5.65. The van der Waals surface area contributed by atoms with Gasteiger partial charge in [-0.3, -0.25) is 0 Å². The first kappa shape index (κ1) is 16.0. The van der Waals surface area contributed by atoms with Crippen LogP contribution in [0.4, 0.5) is 0 Å².